The van der Waals surface area contributed by atoms with Gasteiger partial charge in [-0.1, -0.05) is 0 Å². The predicted octanol–water partition coefficient (Wildman–Crippen LogP) is -0.353. The van der Waals surface area contributed by atoms with Gasteiger partial charge in [0.2, 0.25) is 11.8 Å². The summed E-state index contributed by atoms with van der Waals surface area (Å²) in [5.74, 6) is -0.498. The van der Waals surface area contributed by atoms with Crippen LogP contribution in [0.5, 0.6) is 0 Å². The summed E-state index contributed by atoms with van der Waals surface area (Å²) in [5, 5.41) is 4.98. The molecular weight excluding hydrogens is 144 g/mol. The Morgan fingerprint density at radius 1 is 1.27 bits per heavy atom. The zero-order valence-corrected chi connectivity index (χ0v) is 7.10. The maximum Gasteiger partial charge on any atom is 0.229 e. The Morgan fingerprint density at radius 3 is 2.18 bits per heavy atom. The van der Waals surface area contributed by atoms with E-state index < -0.39 is 0 Å². The lowest BCUT2D eigenvalue weighted by Gasteiger charge is -2.06. The van der Waals surface area contributed by atoms with Crippen molar-refractivity contribution in [2.24, 2.45) is 0 Å². The molecule has 4 heteroatoms. The SMILES string of the molecule is CNC(=O)CC(=O)NC(C)C. The van der Waals surface area contributed by atoms with Gasteiger partial charge in [-0.05, 0) is 13.8 Å². The first-order valence-corrected chi connectivity index (χ1v) is 3.56. The number of amides is 2. The summed E-state index contributed by atoms with van der Waals surface area (Å²) in [6.45, 7) is 3.70. The van der Waals surface area contributed by atoms with Crippen molar-refractivity contribution in [1.82, 2.24) is 10.6 Å². The fourth-order valence-electron chi connectivity index (χ4n) is 0.607. The van der Waals surface area contributed by atoms with Crippen LogP contribution in [0.25, 0.3) is 0 Å². The lowest BCUT2D eigenvalue weighted by molar-refractivity contribution is -0.129. The third-order valence-corrected chi connectivity index (χ3v) is 1.05. The highest BCUT2D eigenvalue weighted by atomic mass is 16.2. The van der Waals surface area contributed by atoms with E-state index in [1.165, 1.54) is 7.05 Å². The third kappa shape index (κ3) is 5.39. The van der Waals surface area contributed by atoms with Crippen molar-refractivity contribution in [3.63, 3.8) is 0 Å². The molecule has 0 aliphatic rings. The van der Waals surface area contributed by atoms with E-state index in [0.717, 1.165) is 0 Å². The molecule has 0 atom stereocenters. The number of hydrogen-bond donors (Lipinski definition) is 2. The van der Waals surface area contributed by atoms with E-state index in [-0.39, 0.29) is 24.3 Å². The summed E-state index contributed by atoms with van der Waals surface area (Å²) in [6, 6.07) is 0.0900. The van der Waals surface area contributed by atoms with Gasteiger partial charge in [-0.2, -0.15) is 0 Å². The van der Waals surface area contributed by atoms with Crippen molar-refractivity contribution in [2.45, 2.75) is 26.3 Å². The van der Waals surface area contributed by atoms with E-state index in [1.54, 1.807) is 0 Å². The second kappa shape index (κ2) is 4.71. The van der Waals surface area contributed by atoms with Crippen molar-refractivity contribution in [2.75, 3.05) is 7.05 Å². The van der Waals surface area contributed by atoms with Crippen LogP contribution in [-0.4, -0.2) is 24.9 Å². The van der Waals surface area contributed by atoms with Gasteiger partial charge in [-0.15, -0.1) is 0 Å². The molecule has 0 aromatic heterocycles. The molecule has 4 nitrogen and oxygen atoms in total. The summed E-state index contributed by atoms with van der Waals surface area (Å²) in [6.07, 6.45) is -0.0886. The molecule has 0 heterocycles. The summed E-state index contributed by atoms with van der Waals surface area (Å²) >= 11 is 0. The van der Waals surface area contributed by atoms with Gasteiger partial charge < -0.3 is 10.6 Å². The van der Waals surface area contributed by atoms with E-state index in [4.69, 9.17) is 0 Å². The Hall–Kier alpha value is -1.06. The number of nitrogens with one attached hydrogen (secondary N) is 2. The average molecular weight is 158 g/mol. The molecule has 0 rings (SSSR count). The molecule has 0 aromatic rings. The topological polar surface area (TPSA) is 58.2 Å². The second-order valence-electron chi connectivity index (χ2n) is 2.57. The predicted molar refractivity (Wildman–Crippen MR) is 42.0 cm³/mol. The van der Waals surface area contributed by atoms with Gasteiger partial charge in [-0.3, -0.25) is 9.59 Å². The van der Waals surface area contributed by atoms with Crippen molar-refractivity contribution >= 4 is 11.8 Å². The Bertz CT molecular complexity index is 155. The molecule has 2 amide bonds. The minimum Gasteiger partial charge on any atom is -0.359 e. The highest BCUT2D eigenvalue weighted by molar-refractivity contribution is 5.96. The largest absolute Gasteiger partial charge is 0.359 e. The van der Waals surface area contributed by atoms with Gasteiger partial charge in [0, 0.05) is 13.1 Å². The van der Waals surface area contributed by atoms with Crippen LogP contribution >= 0.6 is 0 Å². The van der Waals surface area contributed by atoms with Crippen LogP contribution < -0.4 is 10.6 Å². The molecule has 0 aliphatic carbocycles. The van der Waals surface area contributed by atoms with E-state index in [9.17, 15) is 9.59 Å². The zero-order chi connectivity index (χ0) is 8.85. The van der Waals surface area contributed by atoms with Crippen LogP contribution in [-0.2, 0) is 9.59 Å². The Labute approximate surface area is 66.4 Å². The lowest BCUT2D eigenvalue weighted by Crippen LogP contribution is -2.34. The van der Waals surface area contributed by atoms with Crippen molar-refractivity contribution < 1.29 is 9.59 Å². The monoisotopic (exact) mass is 158 g/mol. The number of hydrogen-bond acceptors (Lipinski definition) is 2. The van der Waals surface area contributed by atoms with Gasteiger partial charge in [0.25, 0.3) is 0 Å². The van der Waals surface area contributed by atoms with Gasteiger partial charge >= 0.3 is 0 Å². The van der Waals surface area contributed by atoms with Crippen LogP contribution in [0.3, 0.4) is 0 Å². The first kappa shape index (κ1) is 9.94. The fraction of sp³-hybridized carbons (Fsp3) is 0.714. The lowest BCUT2D eigenvalue weighted by atomic mass is 10.3. The number of carbonyl (C=O) groups is 2. The minimum atomic E-state index is -0.261. The first-order valence-electron chi connectivity index (χ1n) is 3.56. The van der Waals surface area contributed by atoms with Gasteiger partial charge in [0.05, 0.1) is 0 Å². The summed E-state index contributed by atoms with van der Waals surface area (Å²) < 4.78 is 0. The Balaban J connectivity index is 3.61. The molecule has 0 aromatic carbocycles. The summed E-state index contributed by atoms with van der Waals surface area (Å²) in [5.41, 5.74) is 0. The number of rotatable bonds is 3. The Kier molecular flexibility index (Phi) is 4.26. The second-order valence-corrected chi connectivity index (χ2v) is 2.57. The molecule has 0 radical (unpaired) electrons. The molecule has 0 saturated carbocycles. The molecule has 2 N–H and O–H groups in total. The molecule has 0 aliphatic heterocycles. The molecule has 0 unspecified atom stereocenters. The zero-order valence-electron chi connectivity index (χ0n) is 7.10. The maximum absolute atomic E-state index is 10.9. The van der Waals surface area contributed by atoms with Crippen molar-refractivity contribution in [3.05, 3.63) is 0 Å². The molecule has 11 heavy (non-hydrogen) atoms. The Morgan fingerprint density at radius 2 is 1.82 bits per heavy atom. The molecular formula is C7H14N2O2. The smallest absolute Gasteiger partial charge is 0.229 e. The van der Waals surface area contributed by atoms with E-state index >= 15 is 0 Å². The molecule has 64 valence electrons. The first-order chi connectivity index (χ1) is 5.06. The standard InChI is InChI=1S/C7H14N2O2/c1-5(2)9-7(11)4-6(10)8-3/h5H,4H2,1-3H3,(H,8,10)(H,9,11). The molecule has 0 spiro atoms. The minimum absolute atomic E-state index is 0.0886. The number of carbonyl (C=O) groups excluding carboxylic acids is 2. The van der Waals surface area contributed by atoms with Crippen molar-refractivity contribution in [3.8, 4) is 0 Å². The maximum atomic E-state index is 10.9. The third-order valence-electron chi connectivity index (χ3n) is 1.05. The van der Waals surface area contributed by atoms with Crippen LogP contribution in [0, 0.1) is 0 Å². The van der Waals surface area contributed by atoms with Gasteiger partial charge in [0.1, 0.15) is 6.42 Å². The van der Waals surface area contributed by atoms with E-state index in [1.807, 2.05) is 13.8 Å². The van der Waals surface area contributed by atoms with E-state index in [2.05, 4.69) is 10.6 Å². The van der Waals surface area contributed by atoms with Crippen LogP contribution in [0.2, 0.25) is 0 Å². The summed E-state index contributed by atoms with van der Waals surface area (Å²) in [4.78, 5) is 21.5. The fourth-order valence-corrected chi connectivity index (χ4v) is 0.607. The highest BCUT2D eigenvalue weighted by Crippen LogP contribution is 1.82. The van der Waals surface area contributed by atoms with E-state index in [0.29, 0.717) is 0 Å². The van der Waals surface area contributed by atoms with Gasteiger partial charge in [-0.25, -0.2) is 0 Å². The van der Waals surface area contributed by atoms with Crippen LogP contribution in [0.1, 0.15) is 20.3 Å². The highest BCUT2D eigenvalue weighted by Gasteiger charge is 2.07. The molecule has 0 saturated heterocycles. The summed E-state index contributed by atoms with van der Waals surface area (Å²) in [7, 11) is 1.50. The molecule has 0 bridgehead atoms. The van der Waals surface area contributed by atoms with Crippen molar-refractivity contribution in [1.29, 1.82) is 0 Å². The molecule has 0 fully saturated rings. The van der Waals surface area contributed by atoms with Crippen LogP contribution in [0.4, 0.5) is 0 Å². The quantitative estimate of drug-likeness (QED) is 0.551. The van der Waals surface area contributed by atoms with Crippen LogP contribution in [0.15, 0.2) is 0 Å². The average Bonchev–Trinajstić information content (AvgIpc) is 1.85. The normalized spacial score (nSPS) is 9.45. The van der Waals surface area contributed by atoms with Gasteiger partial charge in [0.15, 0.2) is 0 Å².